The van der Waals surface area contributed by atoms with E-state index in [9.17, 15) is 4.79 Å². The molecular weight excluding hydrogens is 246 g/mol. The molecule has 3 nitrogen and oxygen atoms in total. The monoisotopic (exact) mass is 261 g/mol. The van der Waals surface area contributed by atoms with Crippen LogP contribution in [0.5, 0.6) is 0 Å². The number of carbonyl (C=O) groups is 1. The zero-order valence-electron chi connectivity index (χ0n) is 9.44. The Hall–Kier alpha value is -0.580. The van der Waals surface area contributed by atoms with Gasteiger partial charge in [0.15, 0.2) is 0 Å². The zero-order valence-corrected chi connectivity index (χ0v) is 11.0. The molecule has 0 aliphatic carbocycles. The van der Waals surface area contributed by atoms with E-state index in [1.807, 2.05) is 23.3 Å². The minimum atomic E-state index is -0.789. The predicted octanol–water partition coefficient (Wildman–Crippen LogP) is 3.09. The summed E-state index contributed by atoms with van der Waals surface area (Å²) in [7, 11) is 0. The lowest BCUT2D eigenvalue weighted by Gasteiger charge is -2.25. The number of thiophene rings is 1. The Kier molecular flexibility index (Phi) is 5.25. The topological polar surface area (TPSA) is 40.5 Å². The Bertz CT molecular complexity index is 354. The van der Waals surface area contributed by atoms with Gasteiger partial charge in [-0.1, -0.05) is 18.5 Å². The van der Waals surface area contributed by atoms with Gasteiger partial charge >= 0.3 is 5.97 Å². The van der Waals surface area contributed by atoms with Gasteiger partial charge in [-0.3, -0.25) is 9.69 Å². The van der Waals surface area contributed by atoms with Gasteiger partial charge < -0.3 is 5.11 Å². The van der Waals surface area contributed by atoms with Crippen molar-refractivity contribution >= 4 is 28.9 Å². The fraction of sp³-hybridized carbons (Fsp3) is 0.545. The molecule has 0 amide bonds. The second-order valence-corrected chi connectivity index (χ2v) is 5.22. The molecule has 0 aliphatic heterocycles. The molecule has 1 heterocycles. The van der Waals surface area contributed by atoms with Gasteiger partial charge in [-0.25, -0.2) is 0 Å². The van der Waals surface area contributed by atoms with Gasteiger partial charge in [-0.2, -0.15) is 0 Å². The summed E-state index contributed by atoms with van der Waals surface area (Å²) in [4.78, 5) is 13.8. The van der Waals surface area contributed by atoms with Crippen LogP contribution in [0.25, 0.3) is 0 Å². The highest BCUT2D eigenvalue weighted by Crippen LogP contribution is 2.21. The molecule has 0 radical (unpaired) electrons. The Labute approximate surface area is 105 Å². The highest BCUT2D eigenvalue weighted by molar-refractivity contribution is 7.10. The first-order chi connectivity index (χ1) is 7.52. The van der Waals surface area contributed by atoms with E-state index in [2.05, 4.69) is 6.92 Å². The lowest BCUT2D eigenvalue weighted by molar-refractivity contribution is -0.139. The Morgan fingerprint density at radius 2 is 2.38 bits per heavy atom. The number of carboxylic acids is 1. The summed E-state index contributed by atoms with van der Waals surface area (Å²) >= 11 is 7.40. The number of rotatable bonds is 6. The summed E-state index contributed by atoms with van der Waals surface area (Å²) in [5, 5.41) is 11.4. The lowest BCUT2D eigenvalue weighted by Crippen LogP contribution is -2.36. The van der Waals surface area contributed by atoms with E-state index in [1.165, 1.54) is 0 Å². The molecular formula is C11H16ClNO2S. The molecule has 0 aliphatic rings. The summed E-state index contributed by atoms with van der Waals surface area (Å²) in [5.41, 5.74) is 0. The number of carboxylic acid groups (broad SMARTS) is 1. The molecule has 1 unspecified atom stereocenters. The van der Waals surface area contributed by atoms with Crippen LogP contribution in [0.2, 0.25) is 5.02 Å². The van der Waals surface area contributed by atoms with Crippen LogP contribution in [0.15, 0.2) is 11.4 Å². The maximum absolute atomic E-state index is 10.8. The maximum Gasteiger partial charge on any atom is 0.317 e. The normalized spacial score (nSPS) is 13.0. The molecule has 1 rings (SSSR count). The number of aliphatic carboxylic acids is 1. The van der Waals surface area contributed by atoms with E-state index in [-0.39, 0.29) is 12.6 Å². The SMILES string of the molecule is CCC(C)N(CC(=O)O)Cc1cc(Cl)cs1. The number of nitrogens with zero attached hydrogens (tertiary/aromatic N) is 1. The maximum atomic E-state index is 10.8. The first kappa shape index (κ1) is 13.5. The van der Waals surface area contributed by atoms with Gasteiger partial charge in [-0.05, 0) is 19.4 Å². The van der Waals surface area contributed by atoms with Crippen LogP contribution in [0.3, 0.4) is 0 Å². The highest BCUT2D eigenvalue weighted by atomic mass is 35.5. The van der Waals surface area contributed by atoms with Crippen LogP contribution in [0, 0.1) is 0 Å². The molecule has 5 heteroatoms. The van der Waals surface area contributed by atoms with E-state index < -0.39 is 5.97 Å². The van der Waals surface area contributed by atoms with Gasteiger partial charge in [-0.15, -0.1) is 11.3 Å². The molecule has 90 valence electrons. The second kappa shape index (κ2) is 6.23. The first-order valence-electron chi connectivity index (χ1n) is 5.21. The fourth-order valence-electron chi connectivity index (χ4n) is 1.44. The van der Waals surface area contributed by atoms with Crippen molar-refractivity contribution < 1.29 is 9.90 Å². The smallest absolute Gasteiger partial charge is 0.317 e. The largest absolute Gasteiger partial charge is 0.480 e. The third kappa shape index (κ3) is 4.12. The lowest BCUT2D eigenvalue weighted by atomic mass is 10.2. The van der Waals surface area contributed by atoms with Gasteiger partial charge in [0.2, 0.25) is 0 Å². The minimum Gasteiger partial charge on any atom is -0.480 e. The third-order valence-corrected chi connectivity index (χ3v) is 3.80. The molecule has 0 aromatic carbocycles. The second-order valence-electron chi connectivity index (χ2n) is 3.79. The summed E-state index contributed by atoms with van der Waals surface area (Å²) in [5.74, 6) is -0.789. The van der Waals surface area contributed by atoms with E-state index >= 15 is 0 Å². The van der Waals surface area contributed by atoms with Crippen LogP contribution in [-0.2, 0) is 11.3 Å². The average molecular weight is 262 g/mol. The van der Waals surface area contributed by atoms with Crippen LogP contribution in [0.1, 0.15) is 25.1 Å². The zero-order chi connectivity index (χ0) is 12.1. The third-order valence-electron chi connectivity index (χ3n) is 2.53. The van der Waals surface area contributed by atoms with Gasteiger partial charge in [0.05, 0.1) is 11.6 Å². The van der Waals surface area contributed by atoms with Gasteiger partial charge in [0.25, 0.3) is 0 Å². The molecule has 0 bridgehead atoms. The van der Waals surface area contributed by atoms with Crippen molar-refractivity contribution in [3.63, 3.8) is 0 Å². The van der Waals surface area contributed by atoms with Crippen LogP contribution in [0.4, 0.5) is 0 Å². The van der Waals surface area contributed by atoms with Gasteiger partial charge in [0.1, 0.15) is 0 Å². The molecule has 0 saturated heterocycles. The van der Waals surface area contributed by atoms with Crippen LogP contribution >= 0.6 is 22.9 Å². The van der Waals surface area contributed by atoms with E-state index in [0.29, 0.717) is 6.54 Å². The standard InChI is InChI=1S/C11H16ClNO2S/c1-3-8(2)13(6-11(14)15)5-10-4-9(12)7-16-10/h4,7-8H,3,5-6H2,1-2H3,(H,14,15). The van der Waals surface area contributed by atoms with Crippen molar-refractivity contribution in [1.29, 1.82) is 0 Å². The molecule has 16 heavy (non-hydrogen) atoms. The summed E-state index contributed by atoms with van der Waals surface area (Å²) in [6.45, 7) is 4.82. The van der Waals surface area contributed by atoms with Crippen LogP contribution in [-0.4, -0.2) is 28.6 Å². The van der Waals surface area contributed by atoms with Crippen molar-refractivity contribution in [2.24, 2.45) is 0 Å². The van der Waals surface area contributed by atoms with Crippen molar-refractivity contribution in [2.75, 3.05) is 6.54 Å². The number of hydrogen-bond donors (Lipinski definition) is 1. The Balaban J connectivity index is 2.66. The van der Waals surface area contributed by atoms with Gasteiger partial charge in [0, 0.05) is 22.8 Å². The van der Waals surface area contributed by atoms with Crippen molar-refractivity contribution in [3.05, 3.63) is 21.3 Å². The quantitative estimate of drug-likeness (QED) is 0.856. The number of hydrogen-bond acceptors (Lipinski definition) is 3. The fourth-order valence-corrected chi connectivity index (χ4v) is 2.53. The Morgan fingerprint density at radius 3 is 2.81 bits per heavy atom. The molecule has 1 aromatic heterocycles. The molecule has 1 N–H and O–H groups in total. The molecule has 1 atom stereocenters. The summed E-state index contributed by atoms with van der Waals surface area (Å²) < 4.78 is 0. The first-order valence-corrected chi connectivity index (χ1v) is 6.47. The average Bonchev–Trinajstić information content (AvgIpc) is 2.61. The molecule has 1 aromatic rings. The summed E-state index contributed by atoms with van der Waals surface area (Å²) in [6, 6.07) is 2.15. The van der Waals surface area contributed by atoms with E-state index in [1.54, 1.807) is 11.3 Å². The Morgan fingerprint density at radius 1 is 1.69 bits per heavy atom. The van der Waals surface area contributed by atoms with Crippen molar-refractivity contribution in [1.82, 2.24) is 4.90 Å². The van der Waals surface area contributed by atoms with Crippen molar-refractivity contribution in [3.8, 4) is 0 Å². The molecule has 0 saturated carbocycles. The summed E-state index contributed by atoms with van der Waals surface area (Å²) in [6.07, 6.45) is 0.937. The highest BCUT2D eigenvalue weighted by Gasteiger charge is 2.16. The predicted molar refractivity (Wildman–Crippen MR) is 67.1 cm³/mol. The van der Waals surface area contributed by atoms with E-state index in [4.69, 9.17) is 16.7 Å². The van der Waals surface area contributed by atoms with Crippen molar-refractivity contribution in [2.45, 2.75) is 32.9 Å². The molecule has 0 spiro atoms. The van der Waals surface area contributed by atoms with E-state index in [0.717, 1.165) is 16.3 Å². The van der Waals surface area contributed by atoms with Crippen LogP contribution < -0.4 is 0 Å². The molecule has 0 fully saturated rings. The number of halogens is 1. The minimum absolute atomic E-state index is 0.0739.